The number of nitrogens with two attached hydrogens (primary N) is 2. The molecule has 0 amide bonds. The van der Waals surface area contributed by atoms with Crippen molar-refractivity contribution in [2.75, 3.05) is 11.5 Å². The minimum Gasteiger partial charge on any atom is -0.368 e. The van der Waals surface area contributed by atoms with Gasteiger partial charge in [0.2, 0.25) is 11.9 Å². The molecule has 0 aromatic carbocycles. The Morgan fingerprint density at radius 1 is 0.657 bits per heavy atom. The van der Waals surface area contributed by atoms with E-state index in [1.54, 1.807) is 0 Å². The normalized spacial score (nSPS) is 12.3. The number of hydrogen-bond donors (Lipinski definition) is 2. The van der Waals surface area contributed by atoms with Crippen molar-refractivity contribution in [3.8, 4) is 0 Å². The molecule has 1 unspecified atom stereocenters. The predicted octanol–water partition coefficient (Wildman–Crippen LogP) is 7.43. The van der Waals surface area contributed by atoms with E-state index >= 15 is 0 Å². The zero-order valence-electron chi connectivity index (χ0n) is 22.6. The highest BCUT2D eigenvalue weighted by Crippen LogP contribution is 2.25. The summed E-state index contributed by atoms with van der Waals surface area (Å²) in [5.41, 5.74) is 11.7. The molecule has 7 nitrogen and oxygen atoms in total. The van der Waals surface area contributed by atoms with Gasteiger partial charge < -0.3 is 16.0 Å². The average Bonchev–Trinajstić information content (AvgIpc) is 3.29. The van der Waals surface area contributed by atoms with Crippen LogP contribution in [0, 0.1) is 0 Å². The highest BCUT2D eigenvalue weighted by Gasteiger charge is 2.20. The van der Waals surface area contributed by atoms with Crippen molar-refractivity contribution in [3.05, 3.63) is 24.0 Å². The number of nitrogen functional groups attached to an aromatic ring is 2. The maximum absolute atomic E-state index is 5.85. The van der Waals surface area contributed by atoms with E-state index in [1.807, 2.05) is 12.4 Å². The maximum atomic E-state index is 5.85. The van der Waals surface area contributed by atoms with Gasteiger partial charge in [0.25, 0.3) is 0 Å². The fraction of sp³-hybridized carbons (Fsp3) is 0.786. The Kier molecular flexibility index (Phi) is 15.1. The molecule has 0 bridgehead atoms. The number of aromatic nitrogens is 5. The molecule has 0 spiro atoms. The lowest BCUT2D eigenvalue weighted by Crippen LogP contribution is -2.18. The van der Waals surface area contributed by atoms with Crippen LogP contribution in [0.2, 0.25) is 0 Å². The topological polar surface area (TPSA) is 109 Å². The Labute approximate surface area is 213 Å². The Hall–Kier alpha value is -2.18. The molecule has 2 aromatic rings. The first kappa shape index (κ1) is 29.1. The lowest BCUT2D eigenvalue weighted by Gasteiger charge is -2.20. The number of aryl methyl sites for hydroxylation is 1. The molecule has 0 saturated carbocycles. The summed E-state index contributed by atoms with van der Waals surface area (Å²) in [6.07, 6.45) is 28.7. The third-order valence-electron chi connectivity index (χ3n) is 6.91. The largest absolute Gasteiger partial charge is 0.368 e. The number of imidazole rings is 1. The number of rotatable bonds is 21. The number of nitrogens with zero attached hydrogens (tertiary/aromatic N) is 5. The molecule has 4 N–H and O–H groups in total. The van der Waals surface area contributed by atoms with E-state index in [2.05, 4.69) is 38.4 Å². The summed E-state index contributed by atoms with van der Waals surface area (Å²) in [6, 6.07) is -0.00334. The molecule has 0 saturated heterocycles. The van der Waals surface area contributed by atoms with Crippen LogP contribution in [0.3, 0.4) is 0 Å². The lowest BCUT2D eigenvalue weighted by atomic mass is 10.0. The van der Waals surface area contributed by atoms with Crippen LogP contribution in [0.5, 0.6) is 0 Å². The van der Waals surface area contributed by atoms with Gasteiger partial charge in [-0.1, -0.05) is 117 Å². The first-order chi connectivity index (χ1) is 17.2. The Morgan fingerprint density at radius 2 is 1.14 bits per heavy atom. The van der Waals surface area contributed by atoms with E-state index in [4.69, 9.17) is 11.5 Å². The zero-order chi connectivity index (χ0) is 25.1. The smallest absolute Gasteiger partial charge is 0.225 e. The van der Waals surface area contributed by atoms with Crippen molar-refractivity contribution in [1.29, 1.82) is 0 Å². The van der Waals surface area contributed by atoms with Crippen LogP contribution in [0.15, 0.2) is 12.4 Å². The van der Waals surface area contributed by atoms with E-state index < -0.39 is 0 Å². The predicted molar refractivity (Wildman–Crippen MR) is 147 cm³/mol. The van der Waals surface area contributed by atoms with Crippen molar-refractivity contribution < 1.29 is 0 Å². The highest BCUT2D eigenvalue weighted by atomic mass is 15.2. The maximum Gasteiger partial charge on any atom is 0.225 e. The van der Waals surface area contributed by atoms with Crippen molar-refractivity contribution in [2.24, 2.45) is 0 Å². The molecule has 35 heavy (non-hydrogen) atoms. The minimum absolute atomic E-state index is 0.00334. The van der Waals surface area contributed by atoms with Crippen LogP contribution in [0.25, 0.3) is 0 Å². The first-order valence-corrected chi connectivity index (χ1v) is 14.4. The summed E-state index contributed by atoms with van der Waals surface area (Å²) in [5, 5.41) is 0. The van der Waals surface area contributed by atoms with Crippen molar-refractivity contribution in [3.63, 3.8) is 0 Å². The van der Waals surface area contributed by atoms with Crippen molar-refractivity contribution in [1.82, 2.24) is 24.5 Å². The van der Waals surface area contributed by atoms with Gasteiger partial charge in [-0.05, 0) is 12.8 Å². The van der Waals surface area contributed by atoms with Gasteiger partial charge in [-0.2, -0.15) is 15.0 Å². The van der Waals surface area contributed by atoms with E-state index in [0.29, 0.717) is 5.82 Å². The lowest BCUT2D eigenvalue weighted by molar-refractivity contribution is 0.469. The molecular formula is C28H51N7. The van der Waals surface area contributed by atoms with Gasteiger partial charge in [0, 0.05) is 18.8 Å². The first-order valence-electron chi connectivity index (χ1n) is 14.4. The monoisotopic (exact) mass is 485 g/mol. The second-order valence-electron chi connectivity index (χ2n) is 10.0. The quantitative estimate of drug-likeness (QED) is 0.178. The van der Waals surface area contributed by atoms with Crippen LogP contribution in [0.1, 0.15) is 147 Å². The minimum atomic E-state index is -0.00334. The second-order valence-corrected chi connectivity index (χ2v) is 10.0. The summed E-state index contributed by atoms with van der Waals surface area (Å²) >= 11 is 0. The highest BCUT2D eigenvalue weighted by molar-refractivity contribution is 5.27. The van der Waals surface area contributed by atoms with E-state index in [-0.39, 0.29) is 17.9 Å². The van der Waals surface area contributed by atoms with E-state index in [1.165, 1.54) is 89.9 Å². The molecule has 0 radical (unpaired) electrons. The number of hydrogen-bond acceptors (Lipinski definition) is 6. The van der Waals surface area contributed by atoms with Crippen LogP contribution in [-0.2, 0) is 6.42 Å². The number of unbranched alkanes of at least 4 members (excludes halogenated alkanes) is 15. The summed E-state index contributed by atoms with van der Waals surface area (Å²) in [6.45, 7) is 4.48. The Morgan fingerprint density at radius 3 is 1.66 bits per heavy atom. The standard InChI is InChI=1S/C28H51N7/c1-3-5-7-8-9-10-11-12-13-14-15-16-17-18-19-21-25-31-22-23-35(25)24(20-6-4-2)26-32-27(29)34-28(30)33-26/h22-24H,3-21H2,1-2H3,(H4,29,30,32,33,34). The van der Waals surface area contributed by atoms with Crippen molar-refractivity contribution in [2.45, 2.75) is 142 Å². The third kappa shape index (κ3) is 11.9. The molecule has 0 aliphatic rings. The fourth-order valence-corrected chi connectivity index (χ4v) is 4.84. The van der Waals surface area contributed by atoms with Gasteiger partial charge in [0.15, 0.2) is 5.82 Å². The van der Waals surface area contributed by atoms with Crippen LogP contribution in [0.4, 0.5) is 11.9 Å². The second kappa shape index (κ2) is 18.1. The molecule has 2 aromatic heterocycles. The number of anilines is 2. The summed E-state index contributed by atoms with van der Waals surface area (Å²) in [4.78, 5) is 17.4. The molecule has 2 rings (SSSR count). The Balaban J connectivity index is 1.63. The SMILES string of the molecule is CCCCCCCCCCCCCCCCCc1nccn1C(CCCC)c1nc(N)nc(N)n1. The van der Waals surface area contributed by atoms with Gasteiger partial charge in [-0.15, -0.1) is 0 Å². The Bertz CT molecular complexity index is 769. The van der Waals surface area contributed by atoms with Crippen LogP contribution in [-0.4, -0.2) is 24.5 Å². The molecule has 0 aliphatic heterocycles. The zero-order valence-corrected chi connectivity index (χ0v) is 22.6. The summed E-state index contributed by atoms with van der Waals surface area (Å²) in [7, 11) is 0. The van der Waals surface area contributed by atoms with Gasteiger partial charge >= 0.3 is 0 Å². The molecule has 0 fully saturated rings. The average molecular weight is 486 g/mol. The fourth-order valence-electron chi connectivity index (χ4n) is 4.84. The summed E-state index contributed by atoms with van der Waals surface area (Å²) < 4.78 is 2.22. The van der Waals surface area contributed by atoms with Crippen LogP contribution >= 0.6 is 0 Å². The van der Waals surface area contributed by atoms with Gasteiger partial charge in [0.1, 0.15) is 5.82 Å². The molecule has 198 valence electrons. The molecule has 0 aliphatic carbocycles. The van der Waals surface area contributed by atoms with Crippen molar-refractivity contribution >= 4 is 11.9 Å². The molecular weight excluding hydrogens is 434 g/mol. The van der Waals surface area contributed by atoms with Gasteiger partial charge in [-0.25, -0.2) is 4.98 Å². The third-order valence-corrected chi connectivity index (χ3v) is 6.91. The summed E-state index contributed by atoms with van der Waals surface area (Å²) in [5.74, 6) is 2.09. The van der Waals surface area contributed by atoms with E-state index in [9.17, 15) is 0 Å². The van der Waals surface area contributed by atoms with Gasteiger partial charge in [-0.3, -0.25) is 0 Å². The molecule has 1 atom stereocenters. The van der Waals surface area contributed by atoms with E-state index in [0.717, 1.165) is 37.9 Å². The van der Waals surface area contributed by atoms with Crippen LogP contribution < -0.4 is 11.5 Å². The molecule has 7 heteroatoms. The van der Waals surface area contributed by atoms with Gasteiger partial charge in [0.05, 0.1) is 6.04 Å². The molecule has 2 heterocycles.